The first kappa shape index (κ1) is 12.0. The monoisotopic (exact) mass is 241 g/mol. The van der Waals surface area contributed by atoms with Gasteiger partial charge in [0.25, 0.3) is 0 Å². The van der Waals surface area contributed by atoms with Crippen molar-refractivity contribution in [3.05, 3.63) is 35.4 Å². The van der Waals surface area contributed by atoms with Crippen LogP contribution in [-0.4, -0.2) is 19.1 Å². The Morgan fingerprint density at radius 1 is 1.41 bits per heavy atom. The molecule has 2 rings (SSSR count). The number of hydrogen-bond acceptors (Lipinski definition) is 3. The Kier molecular flexibility index (Phi) is 2.87. The fraction of sp³-hybridized carbons (Fsp3) is 0.417. The molecule has 0 atom stereocenters. The molecule has 0 radical (unpaired) electrons. The summed E-state index contributed by atoms with van der Waals surface area (Å²) in [5.41, 5.74) is 4.14. The van der Waals surface area contributed by atoms with Crippen LogP contribution in [-0.2, 0) is 14.9 Å². The number of carbonyl (C=O) groups excluding carboxylic acids is 1. The van der Waals surface area contributed by atoms with Crippen LogP contribution in [0.4, 0.5) is 8.78 Å². The van der Waals surface area contributed by atoms with Crippen molar-refractivity contribution in [1.82, 2.24) is 0 Å². The summed E-state index contributed by atoms with van der Waals surface area (Å²) in [6, 6.07) is 3.30. The lowest BCUT2D eigenvalue weighted by atomic mass is 9.61. The quantitative estimate of drug-likeness (QED) is 0.798. The molecule has 92 valence electrons. The fourth-order valence-electron chi connectivity index (χ4n) is 2.46. The Morgan fingerprint density at radius 3 is 2.35 bits per heavy atom. The van der Waals surface area contributed by atoms with Crippen molar-refractivity contribution in [1.29, 1.82) is 0 Å². The molecular weight excluding hydrogens is 228 g/mol. The molecule has 1 aromatic carbocycles. The van der Waals surface area contributed by atoms with Gasteiger partial charge in [0, 0.05) is 11.6 Å². The summed E-state index contributed by atoms with van der Waals surface area (Å²) in [7, 11) is 1.20. The first-order valence-electron chi connectivity index (χ1n) is 5.30. The molecule has 5 heteroatoms. The minimum atomic E-state index is -1.26. The zero-order chi connectivity index (χ0) is 12.6. The molecule has 17 heavy (non-hydrogen) atoms. The largest absolute Gasteiger partial charge is 0.468 e. The third-order valence-electron chi connectivity index (χ3n) is 3.24. The van der Waals surface area contributed by atoms with E-state index >= 15 is 0 Å². The van der Waals surface area contributed by atoms with Gasteiger partial charge in [-0.2, -0.15) is 0 Å². The zero-order valence-electron chi connectivity index (χ0n) is 9.37. The van der Waals surface area contributed by atoms with E-state index in [4.69, 9.17) is 5.73 Å². The van der Waals surface area contributed by atoms with Crippen molar-refractivity contribution in [2.75, 3.05) is 7.11 Å². The third-order valence-corrected chi connectivity index (χ3v) is 3.24. The van der Waals surface area contributed by atoms with E-state index in [2.05, 4.69) is 4.74 Å². The molecule has 0 saturated heterocycles. The van der Waals surface area contributed by atoms with E-state index in [1.54, 1.807) is 0 Å². The highest BCUT2D eigenvalue weighted by atomic mass is 19.1. The molecule has 0 aliphatic heterocycles. The van der Waals surface area contributed by atoms with Gasteiger partial charge in [-0.15, -0.1) is 0 Å². The number of ether oxygens (including phenoxy) is 1. The molecule has 1 aliphatic rings. The topological polar surface area (TPSA) is 52.3 Å². The number of halogens is 2. The molecular formula is C12H13F2NO2. The highest BCUT2D eigenvalue weighted by molar-refractivity contribution is 5.85. The minimum Gasteiger partial charge on any atom is -0.468 e. The molecule has 3 nitrogen and oxygen atoms in total. The van der Waals surface area contributed by atoms with Gasteiger partial charge in [-0.25, -0.2) is 8.78 Å². The number of methoxy groups -OCH3 is 1. The van der Waals surface area contributed by atoms with Crippen molar-refractivity contribution >= 4 is 5.97 Å². The van der Waals surface area contributed by atoms with Crippen molar-refractivity contribution < 1.29 is 18.3 Å². The summed E-state index contributed by atoms with van der Waals surface area (Å²) in [4.78, 5) is 11.8. The van der Waals surface area contributed by atoms with Gasteiger partial charge < -0.3 is 10.5 Å². The van der Waals surface area contributed by atoms with Gasteiger partial charge in [0.1, 0.15) is 17.0 Å². The number of esters is 1. The standard InChI is InChI=1S/C12H13F2NO2/c1-17-11(16)12(5-7(15)6-12)10-8(13)3-2-4-9(10)14/h2-4,7H,5-6,15H2,1H3. The second-order valence-electron chi connectivity index (χ2n) is 4.34. The lowest BCUT2D eigenvalue weighted by molar-refractivity contribution is -0.152. The van der Waals surface area contributed by atoms with Gasteiger partial charge in [-0.3, -0.25) is 4.79 Å². The Labute approximate surface area is 97.6 Å². The lowest BCUT2D eigenvalue weighted by Crippen LogP contribution is -2.55. The maximum Gasteiger partial charge on any atom is 0.316 e. The van der Waals surface area contributed by atoms with Crippen molar-refractivity contribution in [2.24, 2.45) is 5.73 Å². The van der Waals surface area contributed by atoms with Crippen molar-refractivity contribution in [3.63, 3.8) is 0 Å². The Bertz CT molecular complexity index is 436. The van der Waals surface area contributed by atoms with Crippen LogP contribution in [0.15, 0.2) is 18.2 Å². The lowest BCUT2D eigenvalue weighted by Gasteiger charge is -2.43. The van der Waals surface area contributed by atoms with Gasteiger partial charge in [0.15, 0.2) is 0 Å². The summed E-state index contributed by atoms with van der Waals surface area (Å²) in [6.45, 7) is 0. The average molecular weight is 241 g/mol. The highest BCUT2D eigenvalue weighted by Crippen LogP contribution is 2.45. The van der Waals surface area contributed by atoms with Crippen molar-refractivity contribution in [2.45, 2.75) is 24.3 Å². The second-order valence-corrected chi connectivity index (χ2v) is 4.34. The molecule has 1 aliphatic carbocycles. The maximum absolute atomic E-state index is 13.7. The van der Waals surface area contributed by atoms with Crippen LogP contribution in [0.5, 0.6) is 0 Å². The number of hydrogen-bond donors (Lipinski definition) is 1. The molecule has 1 fully saturated rings. The van der Waals surface area contributed by atoms with Crippen LogP contribution >= 0.6 is 0 Å². The molecule has 1 saturated carbocycles. The normalized spacial score (nSPS) is 27.4. The van der Waals surface area contributed by atoms with E-state index in [1.165, 1.54) is 13.2 Å². The number of nitrogens with two attached hydrogens (primary N) is 1. The van der Waals surface area contributed by atoms with Gasteiger partial charge in [-0.05, 0) is 25.0 Å². The van der Waals surface area contributed by atoms with E-state index in [0.29, 0.717) is 0 Å². The predicted octanol–water partition coefficient (Wildman–Crippen LogP) is 1.50. The summed E-state index contributed by atoms with van der Waals surface area (Å²) < 4.78 is 32.0. The molecule has 0 heterocycles. The first-order valence-corrected chi connectivity index (χ1v) is 5.30. The van der Waals surface area contributed by atoms with Gasteiger partial charge in [0.2, 0.25) is 0 Å². The molecule has 0 aromatic heterocycles. The van der Waals surface area contributed by atoms with Gasteiger partial charge in [-0.1, -0.05) is 6.07 Å². The number of benzene rings is 1. The highest BCUT2D eigenvalue weighted by Gasteiger charge is 2.53. The summed E-state index contributed by atoms with van der Waals surface area (Å²) in [5.74, 6) is -2.10. The van der Waals surface area contributed by atoms with E-state index in [0.717, 1.165) is 12.1 Å². The van der Waals surface area contributed by atoms with Crippen LogP contribution in [0.1, 0.15) is 18.4 Å². The number of rotatable bonds is 2. The fourth-order valence-corrected chi connectivity index (χ4v) is 2.46. The summed E-state index contributed by atoms with van der Waals surface area (Å²) in [6.07, 6.45) is 0.412. The van der Waals surface area contributed by atoms with Gasteiger partial charge in [0.05, 0.1) is 7.11 Å². The smallest absolute Gasteiger partial charge is 0.316 e. The SMILES string of the molecule is COC(=O)C1(c2c(F)cccc2F)CC(N)C1. The first-order chi connectivity index (χ1) is 8.01. The molecule has 2 N–H and O–H groups in total. The van der Waals surface area contributed by atoms with Crippen LogP contribution in [0.3, 0.4) is 0 Å². The summed E-state index contributed by atoms with van der Waals surface area (Å²) >= 11 is 0. The second kappa shape index (κ2) is 4.07. The maximum atomic E-state index is 13.7. The van der Waals surface area contributed by atoms with Crippen LogP contribution in [0.2, 0.25) is 0 Å². The predicted molar refractivity (Wildman–Crippen MR) is 57.3 cm³/mol. The zero-order valence-corrected chi connectivity index (χ0v) is 9.37. The van der Waals surface area contributed by atoms with E-state index in [1.807, 2.05) is 0 Å². The summed E-state index contributed by atoms with van der Waals surface area (Å²) in [5, 5.41) is 0. The van der Waals surface area contributed by atoms with Gasteiger partial charge >= 0.3 is 5.97 Å². The third kappa shape index (κ3) is 1.70. The molecule has 0 spiro atoms. The average Bonchev–Trinajstić information content (AvgIpc) is 2.24. The van der Waals surface area contributed by atoms with E-state index < -0.39 is 23.0 Å². The Hall–Kier alpha value is -1.49. The molecule has 0 amide bonds. The van der Waals surface area contributed by atoms with E-state index in [9.17, 15) is 13.6 Å². The Balaban J connectivity index is 2.51. The van der Waals surface area contributed by atoms with Crippen LogP contribution in [0.25, 0.3) is 0 Å². The number of carbonyl (C=O) groups is 1. The van der Waals surface area contributed by atoms with E-state index in [-0.39, 0.29) is 24.4 Å². The molecule has 1 aromatic rings. The van der Waals surface area contributed by atoms with Crippen molar-refractivity contribution in [3.8, 4) is 0 Å². The van der Waals surface area contributed by atoms with Crippen LogP contribution in [0, 0.1) is 11.6 Å². The van der Waals surface area contributed by atoms with Crippen LogP contribution < -0.4 is 5.73 Å². The minimum absolute atomic E-state index is 0.206. The molecule has 0 unspecified atom stereocenters. The Morgan fingerprint density at radius 2 is 1.94 bits per heavy atom. The molecule has 0 bridgehead atoms.